The maximum Gasteiger partial charge on any atom is 0.246 e. The fourth-order valence-electron chi connectivity index (χ4n) is 3.92. The summed E-state index contributed by atoms with van der Waals surface area (Å²) in [4.78, 5) is 14.5. The third-order valence-electron chi connectivity index (χ3n) is 4.86. The maximum atomic E-state index is 12.0. The SMILES string of the molecule is C=C(C)C(=O)NC1CC(C)(C)N(Cc2ccccc2)C(C)(C)C1. The average Bonchev–Trinajstić information content (AvgIpc) is 2.43. The van der Waals surface area contributed by atoms with Gasteiger partial charge in [0.1, 0.15) is 0 Å². The summed E-state index contributed by atoms with van der Waals surface area (Å²) in [5.74, 6) is -0.0295. The minimum Gasteiger partial charge on any atom is -0.349 e. The lowest BCUT2D eigenvalue weighted by molar-refractivity contribution is -0.120. The topological polar surface area (TPSA) is 32.3 Å². The minimum atomic E-state index is -0.0295. The second-order valence-corrected chi connectivity index (χ2v) is 8.06. The van der Waals surface area contributed by atoms with Crippen molar-refractivity contribution in [1.82, 2.24) is 10.2 Å². The quantitative estimate of drug-likeness (QED) is 0.855. The third-order valence-corrected chi connectivity index (χ3v) is 4.86. The van der Waals surface area contributed by atoms with Crippen molar-refractivity contribution in [3.05, 3.63) is 48.0 Å². The molecule has 1 saturated heterocycles. The fraction of sp³-hybridized carbons (Fsp3) is 0.550. The normalized spacial score (nSPS) is 20.9. The molecule has 1 fully saturated rings. The Morgan fingerprint density at radius 1 is 1.17 bits per heavy atom. The standard InChI is InChI=1S/C20H30N2O/c1-15(2)18(23)21-17-12-19(3,4)22(20(5,6)13-17)14-16-10-8-7-9-11-16/h7-11,17H,1,12-14H2,2-6H3,(H,21,23). The van der Waals surface area contributed by atoms with Crippen LogP contribution in [0.2, 0.25) is 0 Å². The Morgan fingerprint density at radius 2 is 1.70 bits per heavy atom. The molecule has 0 spiro atoms. The van der Waals surface area contributed by atoms with Crippen LogP contribution in [0.3, 0.4) is 0 Å². The van der Waals surface area contributed by atoms with Gasteiger partial charge < -0.3 is 5.32 Å². The van der Waals surface area contributed by atoms with Crippen molar-refractivity contribution in [2.45, 2.75) is 71.1 Å². The summed E-state index contributed by atoms with van der Waals surface area (Å²) in [6.45, 7) is 15.5. The summed E-state index contributed by atoms with van der Waals surface area (Å²) >= 11 is 0. The van der Waals surface area contributed by atoms with Gasteiger partial charge in [0.05, 0.1) is 0 Å². The Bertz CT molecular complexity index is 557. The van der Waals surface area contributed by atoms with Crippen LogP contribution in [0.15, 0.2) is 42.5 Å². The first-order chi connectivity index (χ1) is 10.6. The molecule has 2 rings (SSSR count). The van der Waals surface area contributed by atoms with E-state index in [1.165, 1.54) is 5.56 Å². The molecular formula is C20H30N2O. The van der Waals surface area contributed by atoms with E-state index in [2.05, 4.69) is 74.8 Å². The highest BCUT2D eigenvalue weighted by molar-refractivity contribution is 5.92. The van der Waals surface area contributed by atoms with Crippen LogP contribution in [0.4, 0.5) is 0 Å². The van der Waals surface area contributed by atoms with Gasteiger partial charge in [-0.25, -0.2) is 0 Å². The van der Waals surface area contributed by atoms with Gasteiger partial charge in [-0.2, -0.15) is 0 Å². The van der Waals surface area contributed by atoms with Crippen molar-refractivity contribution < 1.29 is 4.79 Å². The van der Waals surface area contributed by atoms with Crippen LogP contribution in [0.1, 0.15) is 53.0 Å². The van der Waals surface area contributed by atoms with Crippen molar-refractivity contribution in [3.8, 4) is 0 Å². The van der Waals surface area contributed by atoms with E-state index in [4.69, 9.17) is 0 Å². The lowest BCUT2D eigenvalue weighted by Gasteiger charge is -2.55. The molecule has 1 aromatic rings. The molecule has 1 heterocycles. The van der Waals surface area contributed by atoms with Crippen LogP contribution >= 0.6 is 0 Å². The number of nitrogens with zero attached hydrogens (tertiary/aromatic N) is 1. The van der Waals surface area contributed by atoms with E-state index in [9.17, 15) is 4.79 Å². The second-order valence-electron chi connectivity index (χ2n) is 8.06. The van der Waals surface area contributed by atoms with Gasteiger partial charge in [0.15, 0.2) is 0 Å². The van der Waals surface area contributed by atoms with Gasteiger partial charge in [0.2, 0.25) is 5.91 Å². The van der Waals surface area contributed by atoms with E-state index in [0.717, 1.165) is 19.4 Å². The zero-order valence-electron chi connectivity index (χ0n) is 15.1. The Kier molecular flexibility index (Phi) is 5.00. The summed E-state index contributed by atoms with van der Waals surface area (Å²) in [5, 5.41) is 3.15. The molecule has 1 amide bonds. The van der Waals surface area contributed by atoms with Crippen LogP contribution in [-0.2, 0) is 11.3 Å². The Labute approximate surface area is 140 Å². The van der Waals surface area contributed by atoms with Gasteiger partial charge in [-0.1, -0.05) is 36.9 Å². The van der Waals surface area contributed by atoms with E-state index in [1.807, 2.05) is 0 Å². The summed E-state index contributed by atoms with van der Waals surface area (Å²) < 4.78 is 0. The summed E-state index contributed by atoms with van der Waals surface area (Å²) in [6.07, 6.45) is 1.89. The number of hydrogen-bond donors (Lipinski definition) is 1. The minimum absolute atomic E-state index is 0.0185. The Morgan fingerprint density at radius 3 is 2.17 bits per heavy atom. The van der Waals surface area contributed by atoms with Crippen molar-refractivity contribution in [1.29, 1.82) is 0 Å². The number of carbonyl (C=O) groups is 1. The molecule has 126 valence electrons. The fourth-order valence-corrected chi connectivity index (χ4v) is 3.92. The number of piperidine rings is 1. The number of hydrogen-bond acceptors (Lipinski definition) is 2. The van der Waals surface area contributed by atoms with Crippen LogP contribution in [0.5, 0.6) is 0 Å². The third kappa shape index (κ3) is 4.23. The molecule has 0 atom stereocenters. The molecule has 23 heavy (non-hydrogen) atoms. The van der Waals surface area contributed by atoms with Crippen molar-refractivity contribution in [3.63, 3.8) is 0 Å². The molecule has 1 aromatic carbocycles. The van der Waals surface area contributed by atoms with Gasteiger partial charge in [-0.3, -0.25) is 9.69 Å². The Hall–Kier alpha value is -1.61. The zero-order valence-corrected chi connectivity index (χ0v) is 15.1. The van der Waals surface area contributed by atoms with Crippen molar-refractivity contribution >= 4 is 5.91 Å². The van der Waals surface area contributed by atoms with Gasteiger partial charge in [-0.05, 0) is 53.0 Å². The van der Waals surface area contributed by atoms with Crippen LogP contribution in [0.25, 0.3) is 0 Å². The number of carbonyl (C=O) groups excluding carboxylic acids is 1. The largest absolute Gasteiger partial charge is 0.349 e. The molecule has 1 aliphatic heterocycles. The highest BCUT2D eigenvalue weighted by atomic mass is 16.1. The van der Waals surface area contributed by atoms with Gasteiger partial charge >= 0.3 is 0 Å². The number of likely N-dealkylation sites (tertiary alicyclic amines) is 1. The molecular weight excluding hydrogens is 284 g/mol. The number of nitrogens with one attached hydrogen (secondary N) is 1. The summed E-state index contributed by atoms with van der Waals surface area (Å²) in [6, 6.07) is 10.8. The molecule has 0 bridgehead atoms. The predicted octanol–water partition coefficient (Wildman–Crippen LogP) is 3.90. The molecule has 0 unspecified atom stereocenters. The smallest absolute Gasteiger partial charge is 0.246 e. The first kappa shape index (κ1) is 17.7. The van der Waals surface area contributed by atoms with E-state index in [0.29, 0.717) is 5.57 Å². The molecule has 3 heteroatoms. The van der Waals surface area contributed by atoms with E-state index < -0.39 is 0 Å². The van der Waals surface area contributed by atoms with Crippen LogP contribution in [-0.4, -0.2) is 27.9 Å². The molecule has 1 N–H and O–H groups in total. The van der Waals surface area contributed by atoms with Gasteiger partial charge in [-0.15, -0.1) is 0 Å². The molecule has 0 aliphatic carbocycles. The molecule has 0 aromatic heterocycles. The Balaban J connectivity index is 2.16. The summed E-state index contributed by atoms with van der Waals surface area (Å²) in [7, 11) is 0. The van der Waals surface area contributed by atoms with Crippen molar-refractivity contribution in [2.75, 3.05) is 0 Å². The zero-order chi connectivity index (χ0) is 17.3. The molecule has 0 saturated carbocycles. The number of rotatable bonds is 4. The molecule has 3 nitrogen and oxygen atoms in total. The predicted molar refractivity (Wildman–Crippen MR) is 96.1 cm³/mol. The van der Waals surface area contributed by atoms with E-state index in [1.54, 1.807) is 6.92 Å². The molecule has 1 aliphatic rings. The first-order valence-corrected chi connectivity index (χ1v) is 8.40. The number of benzene rings is 1. The van der Waals surface area contributed by atoms with E-state index >= 15 is 0 Å². The monoisotopic (exact) mass is 314 g/mol. The second kappa shape index (κ2) is 6.48. The average molecular weight is 314 g/mol. The summed E-state index contributed by atoms with van der Waals surface area (Å²) in [5.41, 5.74) is 1.94. The van der Waals surface area contributed by atoms with Crippen LogP contribution < -0.4 is 5.32 Å². The highest BCUT2D eigenvalue weighted by Gasteiger charge is 2.45. The van der Waals surface area contributed by atoms with Gasteiger partial charge in [0, 0.05) is 29.2 Å². The first-order valence-electron chi connectivity index (χ1n) is 8.40. The maximum absolute atomic E-state index is 12.0. The van der Waals surface area contributed by atoms with Gasteiger partial charge in [0.25, 0.3) is 0 Å². The molecule has 0 radical (unpaired) electrons. The number of amides is 1. The van der Waals surface area contributed by atoms with Crippen molar-refractivity contribution in [2.24, 2.45) is 0 Å². The highest BCUT2D eigenvalue weighted by Crippen LogP contribution is 2.39. The van der Waals surface area contributed by atoms with Crippen LogP contribution in [0, 0.1) is 0 Å². The lowest BCUT2D eigenvalue weighted by atomic mass is 9.76. The van der Waals surface area contributed by atoms with E-state index in [-0.39, 0.29) is 23.0 Å². The lowest BCUT2D eigenvalue weighted by Crippen LogP contribution is -2.63.